The maximum absolute atomic E-state index is 13.2. The number of carbonyl (C=O) groups excluding carboxylic acids is 2. The highest BCUT2D eigenvalue weighted by atomic mass is 16.2. The number of anilines is 2. The first-order valence-electron chi connectivity index (χ1n) is 14.5. The standard InChI is InChI=1S/C33H41N7O2/c1-23-13-14-25(21-27(23)31(41)34-15-16-39-19-17-38(5)18-20-39)40-30(22-29(37-40)33(2,3)4)36-32(42)35-28-12-8-10-24-9-6-7-11-26(24)28/h6-14,21-22H,15-20H2,1-5H3,(H,34,41)(H2,35,36,42). The molecule has 9 nitrogen and oxygen atoms in total. The van der Waals surface area contributed by atoms with Gasteiger partial charge < -0.3 is 15.5 Å². The molecule has 1 fully saturated rings. The van der Waals surface area contributed by atoms with Crippen LogP contribution < -0.4 is 16.0 Å². The van der Waals surface area contributed by atoms with Crippen LogP contribution in [0, 0.1) is 6.92 Å². The lowest BCUT2D eigenvalue weighted by atomic mass is 9.92. The van der Waals surface area contributed by atoms with Crippen molar-refractivity contribution in [3.05, 3.63) is 83.6 Å². The van der Waals surface area contributed by atoms with Crippen molar-refractivity contribution >= 4 is 34.2 Å². The summed E-state index contributed by atoms with van der Waals surface area (Å²) in [7, 11) is 2.14. The molecule has 1 aliphatic heterocycles. The van der Waals surface area contributed by atoms with Crippen LogP contribution in [0.2, 0.25) is 0 Å². The van der Waals surface area contributed by atoms with Crippen LogP contribution in [-0.4, -0.2) is 77.8 Å². The summed E-state index contributed by atoms with van der Waals surface area (Å²) in [5, 5.41) is 15.9. The summed E-state index contributed by atoms with van der Waals surface area (Å²) < 4.78 is 1.70. The van der Waals surface area contributed by atoms with Crippen LogP contribution in [0.15, 0.2) is 66.7 Å². The predicted molar refractivity (Wildman–Crippen MR) is 170 cm³/mol. The van der Waals surface area contributed by atoms with Crippen molar-refractivity contribution in [1.29, 1.82) is 0 Å². The molecule has 3 aromatic carbocycles. The number of amides is 3. The van der Waals surface area contributed by atoms with Crippen molar-refractivity contribution in [2.45, 2.75) is 33.1 Å². The summed E-state index contributed by atoms with van der Waals surface area (Å²) in [5.74, 6) is 0.401. The largest absolute Gasteiger partial charge is 0.351 e. The van der Waals surface area contributed by atoms with Crippen molar-refractivity contribution in [2.24, 2.45) is 0 Å². The Morgan fingerprint density at radius 2 is 1.64 bits per heavy atom. The van der Waals surface area contributed by atoms with E-state index < -0.39 is 0 Å². The number of nitrogens with zero attached hydrogens (tertiary/aromatic N) is 4. The smallest absolute Gasteiger partial charge is 0.324 e. The SMILES string of the molecule is Cc1ccc(-n2nc(C(C)(C)C)cc2NC(=O)Nc2cccc3ccccc23)cc1C(=O)NCCN1CCN(C)CC1. The number of hydrogen-bond acceptors (Lipinski definition) is 5. The van der Waals surface area contributed by atoms with Gasteiger partial charge in [0.1, 0.15) is 5.82 Å². The number of likely N-dealkylation sites (N-methyl/N-ethyl adjacent to an activating group) is 1. The second-order valence-electron chi connectivity index (χ2n) is 12.1. The zero-order valence-electron chi connectivity index (χ0n) is 25.2. The number of nitrogens with one attached hydrogen (secondary N) is 3. The van der Waals surface area contributed by atoms with E-state index in [1.165, 1.54) is 0 Å². The first-order valence-corrected chi connectivity index (χ1v) is 14.5. The quantitative estimate of drug-likeness (QED) is 0.284. The molecule has 0 bridgehead atoms. The fraction of sp³-hybridized carbons (Fsp3) is 0.364. The minimum Gasteiger partial charge on any atom is -0.351 e. The normalized spacial score (nSPS) is 14.6. The van der Waals surface area contributed by atoms with Gasteiger partial charge in [0.05, 0.1) is 17.1 Å². The molecule has 3 amide bonds. The summed E-state index contributed by atoms with van der Waals surface area (Å²) in [6, 6.07) is 20.9. The van der Waals surface area contributed by atoms with Crippen molar-refractivity contribution in [2.75, 3.05) is 56.9 Å². The summed E-state index contributed by atoms with van der Waals surface area (Å²) in [5.41, 5.74) is 3.45. The third kappa shape index (κ3) is 6.80. The van der Waals surface area contributed by atoms with E-state index in [-0.39, 0.29) is 17.4 Å². The molecule has 1 aliphatic rings. The van der Waals surface area contributed by atoms with Crippen LogP contribution in [-0.2, 0) is 5.41 Å². The Kier molecular flexibility index (Phi) is 8.61. The molecule has 1 aromatic heterocycles. The topological polar surface area (TPSA) is 94.5 Å². The van der Waals surface area contributed by atoms with Crippen LogP contribution in [0.1, 0.15) is 42.4 Å². The van der Waals surface area contributed by atoms with Crippen LogP contribution in [0.25, 0.3) is 16.5 Å². The van der Waals surface area contributed by atoms with E-state index in [1.54, 1.807) is 4.68 Å². The van der Waals surface area contributed by atoms with Crippen molar-refractivity contribution in [3.63, 3.8) is 0 Å². The average Bonchev–Trinajstić information content (AvgIpc) is 3.39. The van der Waals surface area contributed by atoms with Gasteiger partial charge in [-0.25, -0.2) is 9.48 Å². The molecule has 4 aromatic rings. The van der Waals surface area contributed by atoms with Crippen molar-refractivity contribution in [1.82, 2.24) is 24.9 Å². The van der Waals surface area contributed by atoms with Gasteiger partial charge in [0.15, 0.2) is 0 Å². The van der Waals surface area contributed by atoms with Crippen molar-refractivity contribution in [3.8, 4) is 5.69 Å². The zero-order valence-corrected chi connectivity index (χ0v) is 25.2. The highest BCUT2D eigenvalue weighted by Gasteiger charge is 2.23. The minimum atomic E-state index is -0.373. The van der Waals surface area contributed by atoms with Gasteiger partial charge in [-0.05, 0) is 43.1 Å². The number of aromatic nitrogens is 2. The Bertz CT molecular complexity index is 1570. The monoisotopic (exact) mass is 567 g/mol. The summed E-state index contributed by atoms with van der Waals surface area (Å²) in [6.07, 6.45) is 0. The van der Waals surface area contributed by atoms with Gasteiger partial charge in [-0.3, -0.25) is 15.0 Å². The van der Waals surface area contributed by atoms with E-state index in [1.807, 2.05) is 73.7 Å². The average molecular weight is 568 g/mol. The van der Waals surface area contributed by atoms with Gasteiger partial charge in [-0.1, -0.05) is 63.2 Å². The highest BCUT2D eigenvalue weighted by molar-refractivity contribution is 6.06. The van der Waals surface area contributed by atoms with E-state index in [0.717, 1.165) is 60.4 Å². The Morgan fingerprint density at radius 1 is 0.905 bits per heavy atom. The summed E-state index contributed by atoms with van der Waals surface area (Å²) in [6.45, 7) is 13.7. The van der Waals surface area contributed by atoms with E-state index >= 15 is 0 Å². The number of carbonyl (C=O) groups is 2. The number of benzene rings is 3. The maximum Gasteiger partial charge on any atom is 0.324 e. The Hall–Kier alpha value is -4.21. The summed E-state index contributed by atoms with van der Waals surface area (Å²) in [4.78, 5) is 31.2. The number of hydrogen-bond donors (Lipinski definition) is 3. The van der Waals surface area contributed by atoms with Gasteiger partial charge in [0, 0.05) is 61.7 Å². The Labute approximate surface area is 247 Å². The van der Waals surface area contributed by atoms with Crippen molar-refractivity contribution < 1.29 is 9.59 Å². The molecular weight excluding hydrogens is 526 g/mol. The van der Waals surface area contributed by atoms with Gasteiger partial charge in [0.25, 0.3) is 5.91 Å². The Morgan fingerprint density at radius 3 is 2.40 bits per heavy atom. The first-order chi connectivity index (χ1) is 20.1. The number of rotatable bonds is 7. The minimum absolute atomic E-state index is 0.116. The number of urea groups is 1. The third-order valence-corrected chi connectivity index (χ3v) is 7.78. The number of piperazine rings is 1. The zero-order chi connectivity index (χ0) is 29.9. The van der Waals surface area contributed by atoms with Gasteiger partial charge in [0.2, 0.25) is 0 Å². The van der Waals surface area contributed by atoms with Gasteiger partial charge in [-0.2, -0.15) is 5.10 Å². The molecule has 0 atom stereocenters. The Balaban J connectivity index is 1.35. The highest BCUT2D eigenvalue weighted by Crippen LogP contribution is 2.28. The molecule has 220 valence electrons. The number of aryl methyl sites for hydroxylation is 1. The summed E-state index contributed by atoms with van der Waals surface area (Å²) >= 11 is 0. The molecule has 1 saturated heterocycles. The molecule has 9 heteroatoms. The predicted octanol–water partition coefficient (Wildman–Crippen LogP) is 5.25. The fourth-order valence-corrected chi connectivity index (χ4v) is 5.12. The molecule has 42 heavy (non-hydrogen) atoms. The van der Waals surface area contributed by atoms with E-state index in [0.29, 0.717) is 23.6 Å². The molecule has 0 spiro atoms. The lowest BCUT2D eigenvalue weighted by molar-refractivity contribution is 0.0940. The maximum atomic E-state index is 13.2. The molecule has 0 unspecified atom stereocenters. The molecule has 5 rings (SSSR count). The lowest BCUT2D eigenvalue weighted by Crippen LogP contribution is -2.46. The van der Waals surface area contributed by atoms with Gasteiger partial charge >= 0.3 is 6.03 Å². The molecular formula is C33H41N7O2. The molecule has 3 N–H and O–H groups in total. The molecule has 0 aliphatic carbocycles. The van der Waals surface area contributed by atoms with Crippen LogP contribution in [0.5, 0.6) is 0 Å². The van der Waals surface area contributed by atoms with E-state index in [2.05, 4.69) is 53.6 Å². The van der Waals surface area contributed by atoms with E-state index in [9.17, 15) is 9.59 Å². The van der Waals surface area contributed by atoms with Crippen LogP contribution >= 0.6 is 0 Å². The lowest BCUT2D eigenvalue weighted by Gasteiger charge is -2.32. The second kappa shape index (κ2) is 12.3. The first kappa shape index (κ1) is 29.3. The molecule has 0 saturated carbocycles. The second-order valence-corrected chi connectivity index (χ2v) is 12.1. The molecule has 2 heterocycles. The van der Waals surface area contributed by atoms with Gasteiger partial charge in [-0.15, -0.1) is 0 Å². The third-order valence-electron chi connectivity index (χ3n) is 7.78. The molecule has 0 radical (unpaired) electrons. The van der Waals surface area contributed by atoms with Crippen LogP contribution in [0.4, 0.5) is 16.3 Å². The number of fused-ring (bicyclic) bond motifs is 1. The fourth-order valence-electron chi connectivity index (χ4n) is 5.12. The van der Waals surface area contributed by atoms with Crippen LogP contribution in [0.3, 0.4) is 0 Å². The van der Waals surface area contributed by atoms with E-state index in [4.69, 9.17) is 5.10 Å².